The van der Waals surface area contributed by atoms with E-state index in [1.54, 1.807) is 0 Å². The van der Waals surface area contributed by atoms with E-state index in [2.05, 4.69) is 10.3 Å². The number of halogens is 2. The fraction of sp³-hybridized carbons (Fsp3) is 0.412. The molecule has 0 aliphatic carbocycles. The molecule has 0 spiro atoms. The van der Waals surface area contributed by atoms with Gasteiger partial charge in [0.25, 0.3) is 5.56 Å². The minimum Gasteiger partial charge on any atom is -0.364 e. The molecule has 0 amide bonds. The van der Waals surface area contributed by atoms with E-state index >= 15 is 0 Å². The molecule has 2 atom stereocenters. The van der Waals surface area contributed by atoms with Crippen molar-refractivity contribution in [3.8, 4) is 0 Å². The van der Waals surface area contributed by atoms with Crippen LogP contribution in [0.3, 0.4) is 0 Å². The SMILES string of the molecule is CC[C@@H](C)n1c(=O)[nH]c2c(c1=O)CC[C@H](c1ccc(F)c(F)c1)N2. The topological polar surface area (TPSA) is 66.9 Å². The Morgan fingerprint density at radius 1 is 1.29 bits per heavy atom. The van der Waals surface area contributed by atoms with Gasteiger partial charge in [-0.15, -0.1) is 0 Å². The van der Waals surface area contributed by atoms with Crippen LogP contribution in [0, 0.1) is 11.6 Å². The first kappa shape index (κ1) is 16.4. The lowest BCUT2D eigenvalue weighted by molar-refractivity contribution is 0.481. The summed E-state index contributed by atoms with van der Waals surface area (Å²) in [4.78, 5) is 27.5. The second kappa shape index (κ2) is 6.22. The molecule has 7 heteroatoms. The molecule has 2 heterocycles. The number of fused-ring (bicyclic) bond motifs is 1. The zero-order valence-corrected chi connectivity index (χ0v) is 13.5. The number of aromatic amines is 1. The number of hydrogen-bond donors (Lipinski definition) is 2. The summed E-state index contributed by atoms with van der Waals surface area (Å²) in [5, 5.41) is 3.07. The van der Waals surface area contributed by atoms with Gasteiger partial charge >= 0.3 is 5.69 Å². The van der Waals surface area contributed by atoms with Crippen molar-refractivity contribution in [3.05, 3.63) is 61.8 Å². The summed E-state index contributed by atoms with van der Waals surface area (Å²) < 4.78 is 27.7. The normalized spacial score (nSPS) is 17.9. The zero-order chi connectivity index (χ0) is 17.4. The first-order valence-electron chi connectivity index (χ1n) is 8.01. The molecule has 0 saturated heterocycles. The zero-order valence-electron chi connectivity index (χ0n) is 13.5. The molecule has 2 N–H and O–H groups in total. The number of nitrogens with zero attached hydrogens (tertiary/aromatic N) is 1. The van der Waals surface area contributed by atoms with Gasteiger partial charge in [-0.1, -0.05) is 13.0 Å². The maximum absolute atomic E-state index is 13.4. The number of rotatable bonds is 3. The van der Waals surface area contributed by atoms with E-state index in [0.29, 0.717) is 36.2 Å². The van der Waals surface area contributed by atoms with Gasteiger partial charge in [0.1, 0.15) is 5.82 Å². The lowest BCUT2D eigenvalue weighted by Gasteiger charge is -2.27. The lowest BCUT2D eigenvalue weighted by Crippen LogP contribution is -2.41. The molecular weight excluding hydrogens is 316 g/mol. The number of benzene rings is 1. The van der Waals surface area contributed by atoms with Crippen molar-refractivity contribution in [2.45, 2.75) is 45.2 Å². The third-order valence-corrected chi connectivity index (χ3v) is 4.61. The predicted molar refractivity (Wildman–Crippen MR) is 87.4 cm³/mol. The average molecular weight is 335 g/mol. The van der Waals surface area contributed by atoms with Crippen LogP contribution in [0.2, 0.25) is 0 Å². The summed E-state index contributed by atoms with van der Waals surface area (Å²) in [6, 6.07) is 3.24. The Morgan fingerprint density at radius 2 is 2.04 bits per heavy atom. The van der Waals surface area contributed by atoms with Gasteiger partial charge in [0, 0.05) is 6.04 Å². The number of nitrogens with one attached hydrogen (secondary N) is 2. The molecule has 5 nitrogen and oxygen atoms in total. The summed E-state index contributed by atoms with van der Waals surface area (Å²) in [5.74, 6) is -1.45. The fourth-order valence-electron chi connectivity index (χ4n) is 3.04. The first-order chi connectivity index (χ1) is 11.4. The van der Waals surface area contributed by atoms with Crippen molar-refractivity contribution in [2.75, 3.05) is 5.32 Å². The smallest absolute Gasteiger partial charge is 0.330 e. The highest BCUT2D eigenvalue weighted by Crippen LogP contribution is 2.30. The van der Waals surface area contributed by atoms with Crippen LogP contribution < -0.4 is 16.6 Å². The minimum atomic E-state index is -0.916. The standard InChI is InChI=1S/C17H19F2N3O2/c1-3-9(2)22-16(23)11-5-7-14(20-15(11)21-17(22)24)10-4-6-12(18)13(19)8-10/h4,6,8-9,14,20H,3,5,7H2,1-2H3,(H,21,24)/t9-,14-/m1/s1. The minimum absolute atomic E-state index is 0.185. The number of hydrogen-bond acceptors (Lipinski definition) is 3. The van der Waals surface area contributed by atoms with E-state index in [-0.39, 0.29) is 17.6 Å². The van der Waals surface area contributed by atoms with E-state index in [9.17, 15) is 18.4 Å². The van der Waals surface area contributed by atoms with Gasteiger partial charge in [-0.05, 0) is 43.9 Å². The summed E-state index contributed by atoms with van der Waals surface area (Å²) in [6.07, 6.45) is 1.69. The van der Waals surface area contributed by atoms with Crippen LogP contribution in [0.1, 0.15) is 49.9 Å². The molecule has 128 valence electrons. The summed E-state index contributed by atoms with van der Waals surface area (Å²) >= 11 is 0. The van der Waals surface area contributed by atoms with Gasteiger partial charge in [0.05, 0.1) is 11.6 Å². The monoisotopic (exact) mass is 335 g/mol. The Bertz CT molecular complexity index is 888. The Kier molecular flexibility index (Phi) is 4.26. The molecule has 1 aromatic carbocycles. The third kappa shape index (κ3) is 2.74. The highest BCUT2D eigenvalue weighted by molar-refractivity contribution is 5.48. The molecule has 0 bridgehead atoms. The van der Waals surface area contributed by atoms with E-state index in [4.69, 9.17) is 0 Å². The molecule has 24 heavy (non-hydrogen) atoms. The number of aromatic nitrogens is 2. The van der Waals surface area contributed by atoms with Gasteiger partial charge in [0.2, 0.25) is 0 Å². The van der Waals surface area contributed by atoms with Crippen LogP contribution in [0.5, 0.6) is 0 Å². The van der Waals surface area contributed by atoms with Crippen molar-refractivity contribution in [1.82, 2.24) is 9.55 Å². The van der Waals surface area contributed by atoms with Gasteiger partial charge in [0.15, 0.2) is 11.6 Å². The molecule has 0 fully saturated rings. The van der Waals surface area contributed by atoms with Gasteiger partial charge < -0.3 is 5.32 Å². The molecule has 2 aromatic rings. The summed E-state index contributed by atoms with van der Waals surface area (Å²) in [7, 11) is 0. The first-order valence-corrected chi connectivity index (χ1v) is 8.01. The molecule has 1 aromatic heterocycles. The van der Waals surface area contributed by atoms with E-state index in [0.717, 1.165) is 12.1 Å². The Labute approximate surface area is 137 Å². The van der Waals surface area contributed by atoms with E-state index in [1.165, 1.54) is 10.6 Å². The average Bonchev–Trinajstić information content (AvgIpc) is 2.56. The number of anilines is 1. The maximum atomic E-state index is 13.4. The lowest BCUT2D eigenvalue weighted by atomic mass is 9.95. The van der Waals surface area contributed by atoms with Crippen LogP contribution >= 0.6 is 0 Å². The molecule has 0 unspecified atom stereocenters. The van der Waals surface area contributed by atoms with Gasteiger partial charge in [-0.2, -0.15) is 0 Å². The highest BCUT2D eigenvalue weighted by Gasteiger charge is 2.25. The molecule has 1 aliphatic heterocycles. The largest absolute Gasteiger partial charge is 0.364 e. The third-order valence-electron chi connectivity index (χ3n) is 4.61. The molecular formula is C17H19F2N3O2. The Morgan fingerprint density at radius 3 is 2.71 bits per heavy atom. The van der Waals surface area contributed by atoms with Crippen molar-refractivity contribution in [2.24, 2.45) is 0 Å². The van der Waals surface area contributed by atoms with Crippen molar-refractivity contribution in [1.29, 1.82) is 0 Å². The van der Waals surface area contributed by atoms with Crippen LogP contribution in [0.25, 0.3) is 0 Å². The second-order valence-corrected chi connectivity index (χ2v) is 6.13. The predicted octanol–water partition coefficient (Wildman–Crippen LogP) is 2.89. The summed E-state index contributed by atoms with van der Waals surface area (Å²) in [6.45, 7) is 3.73. The van der Waals surface area contributed by atoms with Crippen LogP contribution in [0.4, 0.5) is 14.6 Å². The van der Waals surface area contributed by atoms with Crippen LogP contribution in [0.15, 0.2) is 27.8 Å². The van der Waals surface area contributed by atoms with Gasteiger partial charge in [-0.25, -0.2) is 13.6 Å². The molecule has 0 saturated carbocycles. The van der Waals surface area contributed by atoms with Crippen molar-refractivity contribution < 1.29 is 8.78 Å². The van der Waals surface area contributed by atoms with E-state index < -0.39 is 17.3 Å². The fourth-order valence-corrected chi connectivity index (χ4v) is 3.04. The quantitative estimate of drug-likeness (QED) is 0.906. The van der Waals surface area contributed by atoms with Crippen LogP contribution in [-0.2, 0) is 6.42 Å². The van der Waals surface area contributed by atoms with Crippen LogP contribution in [-0.4, -0.2) is 9.55 Å². The van der Waals surface area contributed by atoms with Crippen molar-refractivity contribution in [3.63, 3.8) is 0 Å². The molecule has 0 radical (unpaired) electrons. The maximum Gasteiger partial charge on any atom is 0.330 e. The second-order valence-electron chi connectivity index (χ2n) is 6.13. The molecule has 3 rings (SSSR count). The summed E-state index contributed by atoms with van der Waals surface area (Å²) in [5.41, 5.74) is 0.339. The van der Waals surface area contributed by atoms with E-state index in [1.807, 2.05) is 13.8 Å². The Hall–Kier alpha value is -2.44. The number of H-pyrrole nitrogens is 1. The van der Waals surface area contributed by atoms with Gasteiger partial charge in [-0.3, -0.25) is 14.3 Å². The molecule has 1 aliphatic rings. The Balaban J connectivity index is 1.98. The van der Waals surface area contributed by atoms with Crippen molar-refractivity contribution >= 4 is 5.82 Å². The highest BCUT2D eigenvalue weighted by atomic mass is 19.2.